The Labute approximate surface area is 133 Å². The molecule has 1 aliphatic carbocycles. The van der Waals surface area contributed by atoms with Crippen molar-refractivity contribution in [2.45, 2.75) is 18.9 Å². The van der Waals surface area contributed by atoms with Gasteiger partial charge >= 0.3 is 5.97 Å². The summed E-state index contributed by atoms with van der Waals surface area (Å²) in [6.45, 7) is 0. The zero-order valence-electron chi connectivity index (χ0n) is 12.7. The monoisotopic (exact) mass is 311 g/mol. The lowest BCUT2D eigenvalue weighted by Gasteiger charge is -2.11. The number of rotatable bonds is 5. The van der Waals surface area contributed by atoms with E-state index in [1.807, 2.05) is 6.07 Å². The lowest BCUT2D eigenvalue weighted by Crippen LogP contribution is -2.26. The SMILES string of the molecule is COC(=O)c1ccccc1Nc1ccnc(C(=O)NC2CC2)c1. The number of methoxy groups -OCH3 is 1. The van der Waals surface area contributed by atoms with Crippen molar-refractivity contribution in [2.75, 3.05) is 12.4 Å². The Kier molecular flexibility index (Phi) is 4.23. The second kappa shape index (κ2) is 6.48. The van der Waals surface area contributed by atoms with Crippen molar-refractivity contribution >= 4 is 23.3 Å². The van der Waals surface area contributed by atoms with Gasteiger partial charge in [0.1, 0.15) is 5.69 Å². The second-order valence-corrected chi connectivity index (χ2v) is 5.34. The number of para-hydroxylation sites is 1. The molecule has 0 radical (unpaired) electrons. The van der Waals surface area contributed by atoms with Crippen LogP contribution in [0.25, 0.3) is 0 Å². The lowest BCUT2D eigenvalue weighted by molar-refractivity contribution is 0.0601. The number of hydrogen-bond acceptors (Lipinski definition) is 5. The number of carbonyl (C=O) groups excluding carboxylic acids is 2. The van der Waals surface area contributed by atoms with Crippen molar-refractivity contribution in [3.8, 4) is 0 Å². The number of nitrogens with zero attached hydrogens (tertiary/aromatic N) is 1. The Balaban J connectivity index is 1.80. The molecule has 1 saturated carbocycles. The summed E-state index contributed by atoms with van der Waals surface area (Å²) in [5.41, 5.74) is 2.06. The summed E-state index contributed by atoms with van der Waals surface area (Å²) in [7, 11) is 1.34. The van der Waals surface area contributed by atoms with Crippen LogP contribution in [-0.2, 0) is 4.74 Å². The van der Waals surface area contributed by atoms with E-state index in [9.17, 15) is 9.59 Å². The molecule has 0 aliphatic heterocycles. The number of ether oxygens (including phenoxy) is 1. The first-order chi connectivity index (χ1) is 11.2. The van der Waals surface area contributed by atoms with Crippen LogP contribution in [0.4, 0.5) is 11.4 Å². The number of amides is 1. The first-order valence-electron chi connectivity index (χ1n) is 7.38. The Morgan fingerprint density at radius 1 is 1.22 bits per heavy atom. The van der Waals surface area contributed by atoms with Gasteiger partial charge in [0.2, 0.25) is 0 Å². The molecule has 1 heterocycles. The third kappa shape index (κ3) is 3.66. The van der Waals surface area contributed by atoms with E-state index >= 15 is 0 Å². The molecular formula is C17H17N3O3. The van der Waals surface area contributed by atoms with Gasteiger partial charge in [-0.05, 0) is 37.1 Å². The van der Waals surface area contributed by atoms with Crippen LogP contribution in [0.3, 0.4) is 0 Å². The fourth-order valence-corrected chi connectivity index (χ4v) is 2.16. The van der Waals surface area contributed by atoms with E-state index in [2.05, 4.69) is 15.6 Å². The highest BCUT2D eigenvalue weighted by Gasteiger charge is 2.24. The number of aromatic nitrogens is 1. The summed E-state index contributed by atoms with van der Waals surface area (Å²) in [5.74, 6) is -0.605. The molecule has 1 fully saturated rings. The molecular weight excluding hydrogens is 294 g/mol. The van der Waals surface area contributed by atoms with Crippen LogP contribution in [0.5, 0.6) is 0 Å². The van der Waals surface area contributed by atoms with Crippen LogP contribution in [0.15, 0.2) is 42.6 Å². The first-order valence-corrected chi connectivity index (χ1v) is 7.38. The number of pyridine rings is 1. The average molecular weight is 311 g/mol. The molecule has 1 aliphatic rings. The molecule has 6 nitrogen and oxygen atoms in total. The quantitative estimate of drug-likeness (QED) is 0.829. The molecule has 1 aromatic heterocycles. The van der Waals surface area contributed by atoms with Gasteiger partial charge in [-0.3, -0.25) is 9.78 Å². The molecule has 0 atom stereocenters. The zero-order valence-corrected chi connectivity index (χ0v) is 12.7. The predicted molar refractivity (Wildman–Crippen MR) is 85.8 cm³/mol. The largest absolute Gasteiger partial charge is 0.465 e. The highest BCUT2D eigenvalue weighted by Crippen LogP contribution is 2.22. The van der Waals surface area contributed by atoms with E-state index in [4.69, 9.17) is 4.74 Å². The molecule has 118 valence electrons. The Bertz CT molecular complexity index is 741. The number of carbonyl (C=O) groups is 2. The van der Waals surface area contributed by atoms with Gasteiger partial charge < -0.3 is 15.4 Å². The average Bonchev–Trinajstić information content (AvgIpc) is 3.39. The highest BCUT2D eigenvalue weighted by atomic mass is 16.5. The Morgan fingerprint density at radius 3 is 2.74 bits per heavy atom. The van der Waals surface area contributed by atoms with Gasteiger partial charge in [-0.15, -0.1) is 0 Å². The van der Waals surface area contributed by atoms with E-state index in [-0.39, 0.29) is 11.9 Å². The van der Waals surface area contributed by atoms with Gasteiger partial charge in [0.15, 0.2) is 0 Å². The van der Waals surface area contributed by atoms with Crippen LogP contribution < -0.4 is 10.6 Å². The standard InChI is InChI=1S/C17H17N3O3/c1-23-17(22)13-4-2-3-5-14(13)19-12-8-9-18-15(10-12)16(21)20-11-6-7-11/h2-5,8-11H,6-7H2,1H3,(H,18,19)(H,20,21). The van der Waals surface area contributed by atoms with Gasteiger partial charge in [-0.1, -0.05) is 12.1 Å². The fourth-order valence-electron chi connectivity index (χ4n) is 2.16. The molecule has 0 spiro atoms. The van der Waals surface area contributed by atoms with Gasteiger partial charge in [0.05, 0.1) is 18.4 Å². The Hall–Kier alpha value is -2.89. The van der Waals surface area contributed by atoms with Crippen molar-refractivity contribution in [1.82, 2.24) is 10.3 Å². The molecule has 0 bridgehead atoms. The third-order valence-electron chi connectivity index (χ3n) is 3.52. The maximum Gasteiger partial charge on any atom is 0.339 e. The van der Waals surface area contributed by atoms with E-state index in [0.717, 1.165) is 12.8 Å². The summed E-state index contributed by atoms with van der Waals surface area (Å²) in [4.78, 5) is 27.9. The Morgan fingerprint density at radius 2 is 2.00 bits per heavy atom. The van der Waals surface area contributed by atoms with Crippen molar-refractivity contribution in [3.05, 3.63) is 53.9 Å². The summed E-state index contributed by atoms with van der Waals surface area (Å²) in [6, 6.07) is 10.7. The number of hydrogen-bond donors (Lipinski definition) is 2. The van der Waals surface area contributed by atoms with Crippen molar-refractivity contribution in [2.24, 2.45) is 0 Å². The topological polar surface area (TPSA) is 80.3 Å². The third-order valence-corrected chi connectivity index (χ3v) is 3.52. The van der Waals surface area contributed by atoms with Crippen molar-refractivity contribution in [1.29, 1.82) is 0 Å². The van der Waals surface area contributed by atoms with E-state index < -0.39 is 5.97 Å². The van der Waals surface area contributed by atoms with Gasteiger partial charge in [0, 0.05) is 17.9 Å². The van der Waals surface area contributed by atoms with Gasteiger partial charge in [-0.25, -0.2) is 4.79 Å². The van der Waals surface area contributed by atoms with Crippen LogP contribution in [0.2, 0.25) is 0 Å². The van der Waals surface area contributed by atoms with Crippen LogP contribution >= 0.6 is 0 Å². The van der Waals surface area contributed by atoms with Crippen LogP contribution in [-0.4, -0.2) is 30.0 Å². The van der Waals surface area contributed by atoms with Crippen LogP contribution in [0.1, 0.15) is 33.7 Å². The minimum absolute atomic E-state index is 0.183. The number of benzene rings is 1. The summed E-state index contributed by atoms with van der Waals surface area (Å²) in [6.07, 6.45) is 3.61. The van der Waals surface area contributed by atoms with E-state index in [1.165, 1.54) is 7.11 Å². The number of esters is 1. The fraction of sp³-hybridized carbons (Fsp3) is 0.235. The van der Waals surface area contributed by atoms with Crippen molar-refractivity contribution in [3.63, 3.8) is 0 Å². The molecule has 0 unspecified atom stereocenters. The minimum atomic E-state index is -0.422. The molecule has 1 amide bonds. The number of nitrogens with one attached hydrogen (secondary N) is 2. The van der Waals surface area contributed by atoms with Crippen molar-refractivity contribution < 1.29 is 14.3 Å². The van der Waals surface area contributed by atoms with Gasteiger partial charge in [-0.2, -0.15) is 0 Å². The second-order valence-electron chi connectivity index (χ2n) is 5.34. The minimum Gasteiger partial charge on any atom is -0.465 e. The summed E-state index contributed by atoms with van der Waals surface area (Å²) < 4.78 is 4.77. The molecule has 2 N–H and O–H groups in total. The number of anilines is 2. The molecule has 3 rings (SSSR count). The normalized spacial score (nSPS) is 13.3. The maximum atomic E-state index is 12.0. The molecule has 0 saturated heterocycles. The maximum absolute atomic E-state index is 12.0. The van der Waals surface area contributed by atoms with E-state index in [1.54, 1.807) is 36.5 Å². The van der Waals surface area contributed by atoms with Crippen LogP contribution in [0, 0.1) is 0 Å². The zero-order chi connectivity index (χ0) is 16.2. The smallest absolute Gasteiger partial charge is 0.339 e. The van der Waals surface area contributed by atoms with Gasteiger partial charge in [0.25, 0.3) is 5.91 Å². The lowest BCUT2D eigenvalue weighted by atomic mass is 10.1. The summed E-state index contributed by atoms with van der Waals surface area (Å²) >= 11 is 0. The highest BCUT2D eigenvalue weighted by molar-refractivity contribution is 5.97. The van der Waals surface area contributed by atoms with E-state index in [0.29, 0.717) is 22.6 Å². The molecule has 6 heteroatoms. The molecule has 23 heavy (non-hydrogen) atoms. The molecule has 2 aromatic rings. The first kappa shape index (κ1) is 15.0. The predicted octanol–water partition coefficient (Wildman–Crippen LogP) is 2.50. The molecule has 1 aromatic carbocycles. The summed E-state index contributed by atoms with van der Waals surface area (Å²) in [5, 5.41) is 6.03.